The van der Waals surface area contributed by atoms with Crippen LogP contribution in [-0.4, -0.2) is 44.3 Å². The van der Waals surface area contributed by atoms with E-state index in [4.69, 9.17) is 0 Å². The fraction of sp³-hybridized carbons (Fsp3) is 0.692. The van der Waals surface area contributed by atoms with E-state index in [1.54, 1.807) is 0 Å². The SMILES string of the molecule is CC(C(=O)O)C(C(C)C(=O)O)(C(C)C(=O)O)C(C)C(=O)O. The van der Waals surface area contributed by atoms with Crippen LogP contribution in [0.1, 0.15) is 27.7 Å². The van der Waals surface area contributed by atoms with Gasteiger partial charge in [0.2, 0.25) is 0 Å². The van der Waals surface area contributed by atoms with E-state index in [1.807, 2.05) is 0 Å². The van der Waals surface area contributed by atoms with Gasteiger partial charge in [-0.25, -0.2) is 0 Å². The standard InChI is InChI=1S/C13H20O8/c1-5(9(14)15)13(6(2)10(16)17,7(3)11(18)19)8(4)12(20)21/h5-8H,1-4H3,(H,14,15)(H,16,17)(H,18,19)(H,20,21). The Labute approximate surface area is 121 Å². The average molecular weight is 304 g/mol. The van der Waals surface area contributed by atoms with Crippen molar-refractivity contribution in [3.05, 3.63) is 0 Å². The van der Waals surface area contributed by atoms with Crippen LogP contribution in [-0.2, 0) is 19.2 Å². The molecule has 0 rings (SSSR count). The average Bonchev–Trinajstić information content (AvgIpc) is 2.37. The Morgan fingerprint density at radius 2 is 0.714 bits per heavy atom. The molecule has 0 heterocycles. The number of carboxylic acids is 4. The molecular weight excluding hydrogens is 284 g/mol. The predicted molar refractivity (Wildman–Crippen MR) is 69.6 cm³/mol. The minimum atomic E-state index is -1.98. The van der Waals surface area contributed by atoms with Crippen LogP contribution in [0.4, 0.5) is 0 Å². The summed E-state index contributed by atoms with van der Waals surface area (Å²) in [5.41, 5.74) is -1.98. The largest absolute Gasteiger partial charge is 0.481 e. The number of hydrogen-bond acceptors (Lipinski definition) is 4. The predicted octanol–water partition coefficient (Wildman–Crippen LogP) is 0.856. The highest BCUT2D eigenvalue weighted by atomic mass is 16.4. The zero-order chi connectivity index (χ0) is 17.1. The third-order valence-electron chi connectivity index (χ3n) is 4.48. The lowest BCUT2D eigenvalue weighted by atomic mass is 9.54. The molecule has 0 saturated carbocycles. The fourth-order valence-electron chi connectivity index (χ4n) is 3.11. The first-order valence-corrected chi connectivity index (χ1v) is 6.33. The highest BCUT2D eigenvalue weighted by Gasteiger charge is 2.59. The van der Waals surface area contributed by atoms with Gasteiger partial charge in [0.15, 0.2) is 0 Å². The molecular formula is C13H20O8. The molecule has 0 aromatic rings. The minimum Gasteiger partial charge on any atom is -0.481 e. The van der Waals surface area contributed by atoms with Crippen molar-refractivity contribution in [3.8, 4) is 0 Å². The quantitative estimate of drug-likeness (QED) is 0.515. The highest BCUT2D eigenvalue weighted by Crippen LogP contribution is 2.50. The Balaban J connectivity index is 6.47. The normalized spacial score (nSPS) is 19.6. The van der Waals surface area contributed by atoms with Crippen molar-refractivity contribution >= 4 is 23.9 Å². The molecule has 4 N–H and O–H groups in total. The summed E-state index contributed by atoms with van der Waals surface area (Å²) in [6, 6.07) is 0. The van der Waals surface area contributed by atoms with Gasteiger partial charge in [-0.1, -0.05) is 27.7 Å². The van der Waals surface area contributed by atoms with Crippen molar-refractivity contribution in [2.24, 2.45) is 29.1 Å². The summed E-state index contributed by atoms with van der Waals surface area (Å²) in [6.07, 6.45) is 0. The summed E-state index contributed by atoms with van der Waals surface area (Å²) < 4.78 is 0. The van der Waals surface area contributed by atoms with Crippen molar-refractivity contribution in [2.75, 3.05) is 0 Å². The fourth-order valence-corrected chi connectivity index (χ4v) is 3.11. The molecule has 0 radical (unpaired) electrons. The second-order valence-corrected chi connectivity index (χ2v) is 5.24. The molecule has 120 valence electrons. The van der Waals surface area contributed by atoms with Gasteiger partial charge in [-0.05, 0) is 0 Å². The first-order valence-electron chi connectivity index (χ1n) is 6.33. The van der Waals surface area contributed by atoms with Crippen LogP contribution in [0.15, 0.2) is 0 Å². The molecule has 0 aliphatic rings. The Hall–Kier alpha value is -2.12. The topological polar surface area (TPSA) is 149 Å². The number of carboxylic acid groups (broad SMARTS) is 4. The van der Waals surface area contributed by atoms with Crippen LogP contribution < -0.4 is 0 Å². The molecule has 4 atom stereocenters. The number of hydrogen-bond donors (Lipinski definition) is 4. The number of carbonyl (C=O) groups is 4. The highest BCUT2D eigenvalue weighted by molar-refractivity contribution is 5.83. The first kappa shape index (κ1) is 18.9. The van der Waals surface area contributed by atoms with Crippen molar-refractivity contribution in [1.82, 2.24) is 0 Å². The number of aliphatic carboxylic acids is 4. The molecule has 0 aliphatic heterocycles. The van der Waals surface area contributed by atoms with Gasteiger partial charge in [0.05, 0.1) is 23.7 Å². The lowest BCUT2D eigenvalue weighted by molar-refractivity contribution is -0.176. The summed E-state index contributed by atoms with van der Waals surface area (Å²) in [5, 5.41) is 36.9. The molecule has 4 unspecified atom stereocenters. The van der Waals surface area contributed by atoms with Crippen molar-refractivity contribution in [1.29, 1.82) is 0 Å². The van der Waals surface area contributed by atoms with E-state index in [9.17, 15) is 39.6 Å². The Morgan fingerprint density at radius 3 is 0.810 bits per heavy atom. The molecule has 8 heteroatoms. The van der Waals surface area contributed by atoms with Gasteiger partial charge in [0.25, 0.3) is 0 Å². The molecule has 0 saturated heterocycles. The second kappa shape index (κ2) is 6.55. The van der Waals surface area contributed by atoms with Gasteiger partial charge in [-0.2, -0.15) is 0 Å². The van der Waals surface area contributed by atoms with Crippen LogP contribution >= 0.6 is 0 Å². The van der Waals surface area contributed by atoms with E-state index >= 15 is 0 Å². The molecule has 0 aliphatic carbocycles. The van der Waals surface area contributed by atoms with Crippen molar-refractivity contribution < 1.29 is 39.6 Å². The Bertz CT molecular complexity index is 370. The molecule has 0 fully saturated rings. The first-order chi connectivity index (χ1) is 9.42. The van der Waals surface area contributed by atoms with E-state index in [-0.39, 0.29) is 0 Å². The van der Waals surface area contributed by atoms with Gasteiger partial charge in [0, 0.05) is 5.41 Å². The summed E-state index contributed by atoms with van der Waals surface area (Å²) in [7, 11) is 0. The zero-order valence-electron chi connectivity index (χ0n) is 12.2. The maximum atomic E-state index is 11.3. The Kier molecular flexibility index (Phi) is 5.89. The zero-order valence-corrected chi connectivity index (χ0v) is 12.2. The third kappa shape index (κ3) is 3.14. The van der Waals surface area contributed by atoms with Gasteiger partial charge in [-0.15, -0.1) is 0 Å². The summed E-state index contributed by atoms with van der Waals surface area (Å²) in [6.45, 7) is 4.56. The maximum absolute atomic E-state index is 11.3. The van der Waals surface area contributed by atoms with Crippen LogP contribution in [0.3, 0.4) is 0 Å². The van der Waals surface area contributed by atoms with Crippen LogP contribution in [0, 0.1) is 29.1 Å². The summed E-state index contributed by atoms with van der Waals surface area (Å²) >= 11 is 0. The van der Waals surface area contributed by atoms with Crippen LogP contribution in [0.5, 0.6) is 0 Å². The Morgan fingerprint density at radius 1 is 0.571 bits per heavy atom. The van der Waals surface area contributed by atoms with E-state index in [1.165, 1.54) is 0 Å². The molecule has 0 aromatic heterocycles. The van der Waals surface area contributed by atoms with E-state index in [2.05, 4.69) is 0 Å². The molecule has 0 amide bonds. The molecule has 0 aromatic carbocycles. The lowest BCUT2D eigenvalue weighted by Crippen LogP contribution is -2.55. The van der Waals surface area contributed by atoms with E-state index in [0.717, 1.165) is 27.7 Å². The molecule has 0 spiro atoms. The number of rotatable bonds is 8. The third-order valence-corrected chi connectivity index (χ3v) is 4.48. The minimum absolute atomic E-state index is 1.14. The van der Waals surface area contributed by atoms with E-state index < -0.39 is 53.0 Å². The van der Waals surface area contributed by atoms with Gasteiger partial charge in [0.1, 0.15) is 0 Å². The smallest absolute Gasteiger partial charge is 0.306 e. The van der Waals surface area contributed by atoms with Gasteiger partial charge < -0.3 is 20.4 Å². The van der Waals surface area contributed by atoms with Crippen LogP contribution in [0.25, 0.3) is 0 Å². The monoisotopic (exact) mass is 304 g/mol. The summed E-state index contributed by atoms with van der Waals surface area (Å²) in [4.78, 5) is 45.4. The lowest BCUT2D eigenvalue weighted by Gasteiger charge is -2.46. The molecule has 21 heavy (non-hydrogen) atoms. The summed E-state index contributed by atoms with van der Waals surface area (Å²) in [5.74, 6) is -11.6. The van der Waals surface area contributed by atoms with Gasteiger partial charge in [-0.3, -0.25) is 19.2 Å². The van der Waals surface area contributed by atoms with Crippen molar-refractivity contribution in [3.63, 3.8) is 0 Å². The molecule has 0 bridgehead atoms. The van der Waals surface area contributed by atoms with E-state index in [0.29, 0.717) is 0 Å². The van der Waals surface area contributed by atoms with Crippen molar-refractivity contribution in [2.45, 2.75) is 27.7 Å². The maximum Gasteiger partial charge on any atom is 0.306 e. The second-order valence-electron chi connectivity index (χ2n) is 5.24. The molecule has 8 nitrogen and oxygen atoms in total. The van der Waals surface area contributed by atoms with Gasteiger partial charge >= 0.3 is 23.9 Å². The van der Waals surface area contributed by atoms with Crippen LogP contribution in [0.2, 0.25) is 0 Å².